The van der Waals surface area contributed by atoms with E-state index in [2.05, 4.69) is 4.79 Å². The summed E-state index contributed by atoms with van der Waals surface area (Å²) in [4.78, 5) is 2.61. The van der Waals surface area contributed by atoms with Crippen molar-refractivity contribution in [2.24, 2.45) is 0 Å². The molecule has 0 saturated carbocycles. The van der Waals surface area contributed by atoms with Crippen LogP contribution in [0.4, 0.5) is 0 Å². The van der Waals surface area contributed by atoms with E-state index in [1.807, 2.05) is 6.92 Å². The van der Waals surface area contributed by atoms with Gasteiger partial charge in [0.05, 0.1) is 4.90 Å². The van der Waals surface area contributed by atoms with E-state index in [0.717, 1.165) is 5.56 Å². The molecule has 0 aliphatic rings. The standard InChI is InChI=1S/C8H8N2O2S/c1-7-2-4-8(5-3-7)13(11,12)6-10-9/h2-6H,1H3. The van der Waals surface area contributed by atoms with Crippen molar-refractivity contribution in [1.82, 2.24) is 0 Å². The summed E-state index contributed by atoms with van der Waals surface area (Å²) >= 11 is 0. The number of hydrogen-bond donors (Lipinski definition) is 0. The Balaban J connectivity index is 3.24. The molecule has 68 valence electrons. The van der Waals surface area contributed by atoms with Crippen LogP contribution < -0.4 is 0 Å². The predicted molar refractivity (Wildman–Crippen MR) is 48.0 cm³/mol. The molecule has 0 saturated heterocycles. The molecule has 13 heavy (non-hydrogen) atoms. The molecule has 0 unspecified atom stereocenters. The SMILES string of the molecule is Cc1ccc(S(=O)(=O)C=[N+]=[N-])cc1. The Morgan fingerprint density at radius 2 is 1.85 bits per heavy atom. The van der Waals surface area contributed by atoms with Crippen molar-refractivity contribution < 1.29 is 13.2 Å². The van der Waals surface area contributed by atoms with Gasteiger partial charge in [-0.1, -0.05) is 17.7 Å². The molecule has 0 radical (unpaired) electrons. The second-order valence-electron chi connectivity index (χ2n) is 2.58. The minimum atomic E-state index is -3.57. The van der Waals surface area contributed by atoms with Gasteiger partial charge in [-0.25, -0.2) is 8.42 Å². The van der Waals surface area contributed by atoms with Crippen LogP contribution in [-0.2, 0) is 9.84 Å². The molecular formula is C8H8N2O2S. The number of hydrogen-bond acceptors (Lipinski definition) is 2. The molecule has 1 aromatic carbocycles. The van der Waals surface area contributed by atoms with Gasteiger partial charge in [0.15, 0.2) is 0 Å². The van der Waals surface area contributed by atoms with E-state index < -0.39 is 9.84 Å². The van der Waals surface area contributed by atoms with Gasteiger partial charge in [-0.2, -0.15) is 4.79 Å². The van der Waals surface area contributed by atoms with E-state index in [0.29, 0.717) is 5.55 Å². The summed E-state index contributed by atoms with van der Waals surface area (Å²) in [5, 5.41) is 0. The number of aryl methyl sites for hydroxylation is 1. The molecule has 0 atom stereocenters. The molecule has 0 N–H and O–H groups in total. The monoisotopic (exact) mass is 196 g/mol. The number of benzene rings is 1. The molecular weight excluding hydrogens is 188 g/mol. The van der Waals surface area contributed by atoms with Crippen LogP contribution >= 0.6 is 0 Å². The van der Waals surface area contributed by atoms with E-state index >= 15 is 0 Å². The average Bonchev–Trinajstić information content (AvgIpc) is 2.05. The highest BCUT2D eigenvalue weighted by molar-refractivity contribution is 8.04. The molecule has 0 aromatic heterocycles. The van der Waals surface area contributed by atoms with Crippen molar-refractivity contribution >= 4 is 15.4 Å². The number of nitrogens with zero attached hydrogens (tertiary/aromatic N) is 2. The van der Waals surface area contributed by atoms with Crippen LogP contribution in [0.2, 0.25) is 0 Å². The smallest absolute Gasteiger partial charge is 0.361 e. The maximum absolute atomic E-state index is 11.2. The van der Waals surface area contributed by atoms with Crippen molar-refractivity contribution in [2.45, 2.75) is 11.8 Å². The van der Waals surface area contributed by atoms with Gasteiger partial charge in [-0.15, -0.1) is 0 Å². The van der Waals surface area contributed by atoms with Gasteiger partial charge < -0.3 is 5.53 Å². The molecule has 4 nitrogen and oxygen atoms in total. The molecule has 0 spiro atoms. The van der Waals surface area contributed by atoms with Gasteiger partial charge in [0.2, 0.25) is 0 Å². The van der Waals surface area contributed by atoms with Gasteiger partial charge in [-0.05, 0) is 19.1 Å². The summed E-state index contributed by atoms with van der Waals surface area (Å²) in [5.41, 5.74) is 9.59. The molecule has 5 heteroatoms. The van der Waals surface area contributed by atoms with Gasteiger partial charge in [0.25, 0.3) is 9.84 Å². The second kappa shape index (κ2) is 3.51. The molecule has 0 aliphatic heterocycles. The third-order valence-electron chi connectivity index (χ3n) is 1.54. The largest absolute Gasteiger partial charge is 0.374 e. The lowest BCUT2D eigenvalue weighted by Crippen LogP contribution is -2.02. The summed E-state index contributed by atoms with van der Waals surface area (Å²) in [6, 6.07) is 6.29. The molecule has 0 bridgehead atoms. The maximum atomic E-state index is 11.2. The van der Waals surface area contributed by atoms with Crippen molar-refractivity contribution in [3.05, 3.63) is 35.4 Å². The average molecular weight is 196 g/mol. The normalized spacial score (nSPS) is 10.5. The molecule has 1 aromatic rings. The summed E-state index contributed by atoms with van der Waals surface area (Å²) < 4.78 is 22.5. The third-order valence-corrected chi connectivity index (χ3v) is 2.84. The first-order valence-electron chi connectivity index (χ1n) is 3.55. The summed E-state index contributed by atoms with van der Waals surface area (Å²) in [7, 11) is -3.57. The lowest BCUT2D eigenvalue weighted by Gasteiger charge is -1.94. The van der Waals surface area contributed by atoms with E-state index in [1.54, 1.807) is 12.1 Å². The van der Waals surface area contributed by atoms with Crippen molar-refractivity contribution in [3.8, 4) is 0 Å². The van der Waals surface area contributed by atoms with Crippen molar-refractivity contribution in [2.75, 3.05) is 0 Å². The first-order valence-corrected chi connectivity index (χ1v) is 5.10. The Bertz CT molecular complexity index is 442. The summed E-state index contributed by atoms with van der Waals surface area (Å²) in [5.74, 6) is 0. The Hall–Kier alpha value is -1.45. The maximum Gasteiger partial charge on any atom is 0.374 e. The molecule has 0 aliphatic carbocycles. The number of sulfone groups is 1. The summed E-state index contributed by atoms with van der Waals surface area (Å²) in [6.07, 6.45) is 0. The highest BCUT2D eigenvalue weighted by Gasteiger charge is 2.14. The van der Waals surface area contributed by atoms with Crippen LogP contribution in [0, 0.1) is 6.92 Å². The fraction of sp³-hybridized carbons (Fsp3) is 0.125. The van der Waals surface area contributed by atoms with Crippen molar-refractivity contribution in [3.63, 3.8) is 0 Å². The molecule has 0 amide bonds. The zero-order valence-corrected chi connectivity index (χ0v) is 7.82. The minimum absolute atomic E-state index is 0.121. The Kier molecular flexibility index (Phi) is 2.60. The first kappa shape index (κ1) is 9.64. The number of rotatable bonds is 2. The lowest BCUT2D eigenvalue weighted by molar-refractivity contribution is 0.00754. The first-order chi connectivity index (χ1) is 6.06. The Morgan fingerprint density at radius 3 is 2.31 bits per heavy atom. The van der Waals surface area contributed by atoms with Gasteiger partial charge >= 0.3 is 5.55 Å². The van der Waals surface area contributed by atoms with Crippen LogP contribution in [-0.4, -0.2) is 18.8 Å². The molecule has 0 heterocycles. The molecule has 0 fully saturated rings. The van der Waals surface area contributed by atoms with Crippen LogP contribution in [0.5, 0.6) is 0 Å². The lowest BCUT2D eigenvalue weighted by atomic mass is 10.2. The van der Waals surface area contributed by atoms with E-state index in [9.17, 15) is 8.42 Å². The van der Waals surface area contributed by atoms with Crippen LogP contribution in [0.1, 0.15) is 5.56 Å². The van der Waals surface area contributed by atoms with Gasteiger partial charge in [-0.3, -0.25) is 0 Å². The Morgan fingerprint density at radius 1 is 1.31 bits per heavy atom. The zero-order chi connectivity index (χ0) is 9.90. The highest BCUT2D eigenvalue weighted by Crippen LogP contribution is 2.09. The van der Waals surface area contributed by atoms with E-state index in [-0.39, 0.29) is 4.90 Å². The van der Waals surface area contributed by atoms with Gasteiger partial charge in [0.1, 0.15) is 0 Å². The topological polar surface area (TPSA) is 70.5 Å². The van der Waals surface area contributed by atoms with E-state index in [1.165, 1.54) is 12.1 Å². The fourth-order valence-electron chi connectivity index (χ4n) is 0.851. The van der Waals surface area contributed by atoms with Crippen molar-refractivity contribution in [1.29, 1.82) is 0 Å². The second-order valence-corrected chi connectivity index (χ2v) is 4.35. The highest BCUT2D eigenvalue weighted by atomic mass is 32.2. The fourth-order valence-corrected chi connectivity index (χ4v) is 1.61. The third kappa shape index (κ3) is 2.24. The van der Waals surface area contributed by atoms with E-state index in [4.69, 9.17) is 5.53 Å². The Labute approximate surface area is 76.4 Å². The van der Waals surface area contributed by atoms with Gasteiger partial charge in [0, 0.05) is 0 Å². The zero-order valence-electron chi connectivity index (χ0n) is 7.01. The van der Waals surface area contributed by atoms with Crippen LogP contribution in [0.25, 0.3) is 5.53 Å². The van der Waals surface area contributed by atoms with Crippen LogP contribution in [0.3, 0.4) is 0 Å². The summed E-state index contributed by atoms with van der Waals surface area (Å²) in [6.45, 7) is 1.86. The van der Waals surface area contributed by atoms with Crippen LogP contribution in [0.15, 0.2) is 29.2 Å². The predicted octanol–water partition coefficient (Wildman–Crippen LogP) is 1.03. The minimum Gasteiger partial charge on any atom is -0.361 e. The molecule has 1 rings (SSSR count). The quantitative estimate of drug-likeness (QED) is 0.307.